The first-order valence-electron chi connectivity index (χ1n) is 38.7. The fourth-order valence-electron chi connectivity index (χ4n) is 12.8. The number of rotatable bonds is 45. The third kappa shape index (κ3) is 25.1. The van der Waals surface area contributed by atoms with Crippen LogP contribution >= 0.6 is 0 Å². The Balaban J connectivity index is 1.78. The molecular weight excluding hydrogens is 1220 g/mol. The molecule has 0 bridgehead atoms. The summed E-state index contributed by atoms with van der Waals surface area (Å²) in [6, 6.07) is 26.7. The van der Waals surface area contributed by atoms with Crippen LogP contribution in [0.1, 0.15) is 334 Å². The topological polar surface area (TPSA) is 132 Å². The molecule has 0 radical (unpaired) electrons. The molecule has 5 rings (SSSR count). The summed E-state index contributed by atoms with van der Waals surface area (Å²) >= 11 is 0. The third-order valence-corrected chi connectivity index (χ3v) is 19.6. The van der Waals surface area contributed by atoms with Crippen molar-refractivity contribution in [2.45, 2.75) is 324 Å². The van der Waals surface area contributed by atoms with Crippen LogP contribution in [0.15, 0.2) is 108 Å². The predicted molar refractivity (Wildman–Crippen MR) is 420 cm³/mol. The van der Waals surface area contributed by atoms with Gasteiger partial charge in [0.15, 0.2) is 0 Å². The zero-order valence-electron chi connectivity index (χ0n) is 65.5. The lowest BCUT2D eigenvalue weighted by Gasteiger charge is -2.37. The average molecular weight is 1360 g/mol. The van der Waals surface area contributed by atoms with Gasteiger partial charge in [-0.05, 0) is 144 Å². The van der Waals surface area contributed by atoms with E-state index in [4.69, 9.17) is 33.7 Å². The second-order valence-electron chi connectivity index (χ2n) is 32.3. The molecule has 2 atom stereocenters. The van der Waals surface area contributed by atoms with Crippen LogP contribution in [0.4, 0.5) is 0 Å². The second-order valence-corrected chi connectivity index (χ2v) is 32.3. The summed E-state index contributed by atoms with van der Waals surface area (Å²) in [5.41, 5.74) is 2.37. The summed E-state index contributed by atoms with van der Waals surface area (Å²) in [7, 11) is 0. The highest BCUT2D eigenvalue weighted by Crippen LogP contribution is 2.49. The number of hydrogen-bond donors (Lipinski definition) is 3. The molecule has 0 saturated heterocycles. The van der Waals surface area contributed by atoms with Crippen molar-refractivity contribution < 1.29 is 39.0 Å². The smallest absolute Gasteiger partial charge is 0.144 e. The van der Waals surface area contributed by atoms with Gasteiger partial charge in [-0.25, -0.2) is 0 Å². The predicted octanol–water partition coefficient (Wildman–Crippen LogP) is 23.6. The van der Waals surface area contributed by atoms with Crippen LogP contribution in [0, 0.1) is 0 Å². The van der Waals surface area contributed by atoms with Crippen LogP contribution in [0.25, 0.3) is 0 Å². The number of phenols is 1. The number of nitrogens with zero attached hydrogens (tertiary/aromatic N) is 2. The number of hydrogen-bond acceptors (Lipinski definition) is 10. The van der Waals surface area contributed by atoms with Crippen molar-refractivity contribution >= 4 is 12.4 Å². The van der Waals surface area contributed by atoms with E-state index in [2.05, 4.69) is 166 Å². The maximum Gasteiger partial charge on any atom is 0.144 e. The maximum absolute atomic E-state index is 14.5. The summed E-state index contributed by atoms with van der Waals surface area (Å²) in [4.78, 5) is 10.7. The van der Waals surface area contributed by atoms with Gasteiger partial charge in [0, 0.05) is 45.8 Å². The SMILES string of the molecule is C=CCOc1cc(C=N[C@H](C)C(O)(c2cc(C(C)(C)C)ccc2OCCCCCCCC)c2cc(C(C)(C)C)ccc2OCCCCCCCC)c(O)c(C=N[C@H](C)C(O)(c2cc(C(C)(C)C)ccc2OCCCCCCCC)c2cc(C(C)(C)C)ccc2OCCCCCCCC)c1. The lowest BCUT2D eigenvalue weighted by Crippen LogP contribution is -2.39. The summed E-state index contributed by atoms with van der Waals surface area (Å²) in [5.74, 6) is 2.68. The van der Waals surface area contributed by atoms with Gasteiger partial charge in [0.05, 0.1) is 38.5 Å². The van der Waals surface area contributed by atoms with Crippen molar-refractivity contribution in [1.82, 2.24) is 0 Å². The quantitative estimate of drug-likeness (QED) is 0.0200. The largest absolute Gasteiger partial charge is 0.507 e. The Hall–Kier alpha value is -6.10. The lowest BCUT2D eigenvalue weighted by atomic mass is 9.75. The highest BCUT2D eigenvalue weighted by Gasteiger charge is 2.46. The molecule has 0 aromatic heterocycles. The molecule has 0 aliphatic rings. The summed E-state index contributed by atoms with van der Waals surface area (Å²) < 4.78 is 33.8. The van der Waals surface area contributed by atoms with Crippen LogP contribution in [0.3, 0.4) is 0 Å². The van der Waals surface area contributed by atoms with E-state index in [-0.39, 0.29) is 34.0 Å². The molecule has 99 heavy (non-hydrogen) atoms. The molecule has 3 N–H and O–H groups in total. The molecule has 0 heterocycles. The van der Waals surface area contributed by atoms with Gasteiger partial charge in [0.25, 0.3) is 0 Å². The maximum atomic E-state index is 14.5. The number of aliphatic hydroxyl groups is 2. The van der Waals surface area contributed by atoms with Gasteiger partial charge in [-0.1, -0.05) is 276 Å². The minimum absolute atomic E-state index is 0.106. The molecule has 5 aromatic rings. The van der Waals surface area contributed by atoms with Crippen molar-refractivity contribution in [3.63, 3.8) is 0 Å². The molecule has 0 amide bonds. The first-order chi connectivity index (χ1) is 47.0. The standard InChI is InChI=1S/C89H136N2O8/c1-20-25-29-33-37-41-54-96-79-49-45-70(84(8,9)10)60-75(79)88(93,76-61-71(85(11,12)13)46-50-80(76)97-55-42-38-34-30-26-21-2)66(6)90-64-68-58-74(95-53-24-5)59-69(83(68)92)65-91-67(7)89(94,77-62-72(86(14,15)16)47-51-81(77)98-56-43-39-35-31-27-22-3)78-63-73(87(17,18)19)48-52-82(78)99-57-44-40-36-32-28-23-4/h24,45-52,58-67,92-94H,5,20-23,25-44,53-57H2,1-4,6-19H3/t66-,67-/m1/s1. The minimum Gasteiger partial charge on any atom is -0.507 e. The molecule has 0 aliphatic carbocycles. The van der Waals surface area contributed by atoms with Crippen LogP contribution in [0.5, 0.6) is 34.5 Å². The molecule has 0 saturated carbocycles. The Morgan fingerprint density at radius 2 is 0.606 bits per heavy atom. The Kier molecular flexibility index (Phi) is 34.2. The number of phenolic OH excluding ortho intramolecular Hbond substituents is 1. The van der Waals surface area contributed by atoms with E-state index >= 15 is 0 Å². The van der Waals surface area contributed by atoms with Gasteiger partial charge >= 0.3 is 0 Å². The zero-order valence-corrected chi connectivity index (χ0v) is 65.5. The van der Waals surface area contributed by atoms with Gasteiger partial charge in [-0.2, -0.15) is 0 Å². The van der Waals surface area contributed by atoms with Crippen molar-refractivity contribution in [2.75, 3.05) is 33.0 Å². The van der Waals surface area contributed by atoms with E-state index in [1.807, 2.05) is 38.1 Å². The number of ether oxygens (including phenoxy) is 5. The number of benzene rings is 5. The average Bonchev–Trinajstić information content (AvgIpc) is 0.748. The Labute approximate surface area is 602 Å². The monoisotopic (exact) mass is 1360 g/mol. The Morgan fingerprint density at radius 3 is 0.838 bits per heavy atom. The first kappa shape index (κ1) is 83.6. The van der Waals surface area contributed by atoms with E-state index in [9.17, 15) is 15.3 Å². The van der Waals surface area contributed by atoms with Crippen molar-refractivity contribution in [2.24, 2.45) is 9.98 Å². The van der Waals surface area contributed by atoms with Gasteiger partial charge in [-0.3, -0.25) is 9.98 Å². The van der Waals surface area contributed by atoms with Crippen LogP contribution < -0.4 is 23.7 Å². The summed E-state index contributed by atoms with van der Waals surface area (Å²) in [5, 5.41) is 41.8. The van der Waals surface area contributed by atoms with Crippen molar-refractivity contribution in [3.8, 4) is 34.5 Å². The highest BCUT2D eigenvalue weighted by molar-refractivity contribution is 5.93. The summed E-state index contributed by atoms with van der Waals surface area (Å²) in [6.45, 7) is 45.2. The molecule has 0 unspecified atom stereocenters. The number of aliphatic imine (C=N–C) groups is 2. The van der Waals surface area contributed by atoms with Crippen molar-refractivity contribution in [1.29, 1.82) is 0 Å². The molecule has 5 aromatic carbocycles. The van der Waals surface area contributed by atoms with E-state index in [0.717, 1.165) is 99.3 Å². The Bertz CT molecular complexity index is 2890. The van der Waals surface area contributed by atoms with Crippen molar-refractivity contribution in [3.05, 3.63) is 153 Å². The molecule has 0 fully saturated rings. The van der Waals surface area contributed by atoms with Crippen LogP contribution in [0.2, 0.25) is 0 Å². The van der Waals surface area contributed by atoms with Gasteiger partial charge in [0.2, 0.25) is 0 Å². The van der Waals surface area contributed by atoms with E-state index in [1.54, 1.807) is 30.6 Å². The zero-order chi connectivity index (χ0) is 72.9. The van der Waals surface area contributed by atoms with Gasteiger partial charge in [-0.15, -0.1) is 0 Å². The highest BCUT2D eigenvalue weighted by atomic mass is 16.5. The molecule has 550 valence electrons. The number of aromatic hydroxyl groups is 1. The normalized spacial score (nSPS) is 13.3. The molecule has 0 aliphatic heterocycles. The minimum atomic E-state index is -1.84. The van der Waals surface area contributed by atoms with E-state index < -0.39 is 23.3 Å². The number of unbranched alkanes of at least 4 members (excludes halogenated alkanes) is 20. The summed E-state index contributed by atoms with van der Waals surface area (Å²) in [6.07, 6.45) is 31.7. The second kappa shape index (κ2) is 40.5. The fraction of sp³-hybridized carbons (Fsp3) is 0.618. The van der Waals surface area contributed by atoms with Crippen LogP contribution in [-0.2, 0) is 32.9 Å². The van der Waals surface area contributed by atoms with Gasteiger partial charge < -0.3 is 39.0 Å². The first-order valence-corrected chi connectivity index (χ1v) is 38.7. The van der Waals surface area contributed by atoms with Gasteiger partial charge in [0.1, 0.15) is 52.3 Å². The third-order valence-electron chi connectivity index (χ3n) is 19.6. The molecule has 0 spiro atoms. The van der Waals surface area contributed by atoms with Crippen LogP contribution in [-0.4, -0.2) is 72.9 Å². The molecular formula is C89H136N2O8. The van der Waals surface area contributed by atoms with E-state index in [0.29, 0.717) is 88.6 Å². The molecule has 10 heteroatoms. The fourth-order valence-corrected chi connectivity index (χ4v) is 12.8. The lowest BCUT2D eigenvalue weighted by molar-refractivity contribution is 0.0516. The van der Waals surface area contributed by atoms with E-state index in [1.165, 1.54) is 77.0 Å². The Morgan fingerprint density at radius 1 is 0.364 bits per heavy atom. The molecule has 10 nitrogen and oxygen atoms in total.